The van der Waals surface area contributed by atoms with Crippen LogP contribution in [0.3, 0.4) is 0 Å². The highest BCUT2D eigenvalue weighted by molar-refractivity contribution is 5.29. The molecule has 0 heterocycles. The second-order valence-electron chi connectivity index (χ2n) is 4.56. The number of rotatable bonds is 7. The largest absolute Gasteiger partial charge is 0.494 e. The molecule has 1 atom stereocenters. The van der Waals surface area contributed by atoms with Crippen molar-refractivity contribution in [3.8, 4) is 11.5 Å². The number of hydrogen-bond acceptors (Lipinski definition) is 3. The summed E-state index contributed by atoms with van der Waals surface area (Å²) in [5, 5.41) is 0. The van der Waals surface area contributed by atoms with Gasteiger partial charge >= 0.3 is 0 Å². The average Bonchev–Trinajstić information content (AvgIpc) is 2.49. The van der Waals surface area contributed by atoms with E-state index in [2.05, 4.69) is 0 Å². The Hall–Kier alpha value is -2.00. The van der Waals surface area contributed by atoms with Crippen LogP contribution < -0.4 is 15.2 Å². The van der Waals surface area contributed by atoms with E-state index in [1.54, 1.807) is 0 Å². The Labute approximate surface area is 120 Å². The van der Waals surface area contributed by atoms with Gasteiger partial charge in [0.2, 0.25) is 0 Å². The smallest absolute Gasteiger partial charge is 0.119 e. The number of para-hydroxylation sites is 1. The van der Waals surface area contributed by atoms with Gasteiger partial charge in [-0.25, -0.2) is 0 Å². The van der Waals surface area contributed by atoms with Gasteiger partial charge in [-0.15, -0.1) is 0 Å². The Morgan fingerprint density at radius 2 is 1.55 bits per heavy atom. The third kappa shape index (κ3) is 4.28. The molecule has 2 rings (SSSR count). The lowest BCUT2D eigenvalue weighted by atomic mass is 10.1. The van der Waals surface area contributed by atoms with Crippen LogP contribution in [-0.4, -0.2) is 13.2 Å². The van der Waals surface area contributed by atoms with Crippen molar-refractivity contribution in [2.75, 3.05) is 13.2 Å². The zero-order valence-electron chi connectivity index (χ0n) is 11.8. The van der Waals surface area contributed by atoms with Crippen molar-refractivity contribution >= 4 is 0 Å². The summed E-state index contributed by atoms with van der Waals surface area (Å²) in [7, 11) is 0. The quantitative estimate of drug-likeness (QED) is 0.837. The Morgan fingerprint density at radius 1 is 0.900 bits per heavy atom. The van der Waals surface area contributed by atoms with Gasteiger partial charge in [0.05, 0.1) is 13.2 Å². The SMILES string of the molecule is CCOc1ccc(C(N)CCOc2ccccc2)cc1. The molecule has 0 aliphatic carbocycles. The minimum absolute atomic E-state index is 0.0191. The molecule has 106 valence electrons. The van der Waals surface area contributed by atoms with Gasteiger partial charge < -0.3 is 15.2 Å². The normalized spacial score (nSPS) is 11.9. The maximum Gasteiger partial charge on any atom is 0.119 e. The van der Waals surface area contributed by atoms with Crippen molar-refractivity contribution < 1.29 is 9.47 Å². The van der Waals surface area contributed by atoms with Gasteiger partial charge in [0, 0.05) is 12.5 Å². The molecule has 20 heavy (non-hydrogen) atoms. The molecule has 0 aliphatic heterocycles. The van der Waals surface area contributed by atoms with Crippen LogP contribution in [0, 0.1) is 0 Å². The van der Waals surface area contributed by atoms with Crippen LogP contribution in [0.15, 0.2) is 54.6 Å². The number of hydrogen-bond donors (Lipinski definition) is 1. The molecule has 2 aromatic carbocycles. The van der Waals surface area contributed by atoms with E-state index in [0.717, 1.165) is 23.5 Å². The van der Waals surface area contributed by atoms with E-state index in [9.17, 15) is 0 Å². The van der Waals surface area contributed by atoms with E-state index >= 15 is 0 Å². The van der Waals surface area contributed by atoms with Crippen LogP contribution >= 0.6 is 0 Å². The summed E-state index contributed by atoms with van der Waals surface area (Å²) in [6.07, 6.45) is 0.781. The van der Waals surface area contributed by atoms with Crippen molar-refractivity contribution in [2.45, 2.75) is 19.4 Å². The molecule has 0 amide bonds. The molecule has 1 unspecified atom stereocenters. The molecule has 0 bridgehead atoms. The lowest BCUT2D eigenvalue weighted by Gasteiger charge is -2.13. The number of benzene rings is 2. The van der Waals surface area contributed by atoms with Gasteiger partial charge in [0.15, 0.2) is 0 Å². The second kappa shape index (κ2) is 7.56. The summed E-state index contributed by atoms with van der Waals surface area (Å²) in [5.41, 5.74) is 7.26. The summed E-state index contributed by atoms with van der Waals surface area (Å²) >= 11 is 0. The summed E-state index contributed by atoms with van der Waals surface area (Å²) in [6.45, 7) is 3.26. The minimum atomic E-state index is -0.0191. The van der Waals surface area contributed by atoms with Crippen molar-refractivity contribution in [1.29, 1.82) is 0 Å². The Balaban J connectivity index is 1.80. The molecule has 0 radical (unpaired) electrons. The van der Waals surface area contributed by atoms with Gasteiger partial charge in [0.25, 0.3) is 0 Å². The highest BCUT2D eigenvalue weighted by Gasteiger charge is 2.06. The van der Waals surface area contributed by atoms with Crippen LogP contribution in [0.4, 0.5) is 0 Å². The van der Waals surface area contributed by atoms with Gasteiger partial charge in [0.1, 0.15) is 11.5 Å². The minimum Gasteiger partial charge on any atom is -0.494 e. The molecule has 0 saturated heterocycles. The first-order valence-electron chi connectivity index (χ1n) is 6.96. The maximum absolute atomic E-state index is 6.16. The van der Waals surface area contributed by atoms with Crippen LogP contribution in [0.5, 0.6) is 11.5 Å². The lowest BCUT2D eigenvalue weighted by Crippen LogP contribution is -2.14. The summed E-state index contributed by atoms with van der Waals surface area (Å²) in [6, 6.07) is 17.7. The van der Waals surface area contributed by atoms with Gasteiger partial charge in [-0.1, -0.05) is 30.3 Å². The first-order chi connectivity index (χ1) is 9.79. The predicted molar refractivity (Wildman–Crippen MR) is 81.1 cm³/mol. The van der Waals surface area contributed by atoms with E-state index in [4.69, 9.17) is 15.2 Å². The van der Waals surface area contributed by atoms with Crippen LogP contribution in [0.2, 0.25) is 0 Å². The molecular weight excluding hydrogens is 250 g/mol. The van der Waals surface area contributed by atoms with E-state index in [1.165, 1.54) is 0 Å². The van der Waals surface area contributed by atoms with Crippen molar-refractivity contribution in [1.82, 2.24) is 0 Å². The predicted octanol–water partition coefficient (Wildman–Crippen LogP) is 3.55. The average molecular weight is 271 g/mol. The fourth-order valence-electron chi connectivity index (χ4n) is 1.97. The second-order valence-corrected chi connectivity index (χ2v) is 4.56. The highest BCUT2D eigenvalue weighted by Crippen LogP contribution is 2.19. The first-order valence-corrected chi connectivity index (χ1v) is 6.96. The zero-order chi connectivity index (χ0) is 14.2. The fraction of sp³-hybridized carbons (Fsp3) is 0.294. The molecular formula is C17H21NO2. The van der Waals surface area contributed by atoms with Gasteiger partial charge in [-0.05, 0) is 36.8 Å². The molecule has 0 saturated carbocycles. The molecule has 0 fully saturated rings. The van der Waals surface area contributed by atoms with Crippen molar-refractivity contribution in [2.24, 2.45) is 5.73 Å². The molecule has 2 aromatic rings. The Morgan fingerprint density at radius 3 is 2.20 bits per heavy atom. The van der Waals surface area contributed by atoms with E-state index < -0.39 is 0 Å². The molecule has 3 nitrogen and oxygen atoms in total. The van der Waals surface area contributed by atoms with Gasteiger partial charge in [-0.3, -0.25) is 0 Å². The van der Waals surface area contributed by atoms with Crippen LogP contribution in [-0.2, 0) is 0 Å². The third-order valence-corrected chi connectivity index (χ3v) is 3.06. The van der Waals surface area contributed by atoms with E-state index in [0.29, 0.717) is 13.2 Å². The molecule has 0 aliphatic rings. The summed E-state index contributed by atoms with van der Waals surface area (Å²) in [4.78, 5) is 0. The Kier molecular flexibility index (Phi) is 5.44. The third-order valence-electron chi connectivity index (χ3n) is 3.06. The maximum atomic E-state index is 6.16. The monoisotopic (exact) mass is 271 g/mol. The van der Waals surface area contributed by atoms with Crippen LogP contribution in [0.25, 0.3) is 0 Å². The lowest BCUT2D eigenvalue weighted by molar-refractivity contribution is 0.298. The van der Waals surface area contributed by atoms with E-state index in [-0.39, 0.29) is 6.04 Å². The zero-order valence-corrected chi connectivity index (χ0v) is 11.8. The Bertz CT molecular complexity index is 496. The van der Waals surface area contributed by atoms with E-state index in [1.807, 2.05) is 61.5 Å². The molecule has 0 spiro atoms. The summed E-state index contributed by atoms with van der Waals surface area (Å²) < 4.78 is 11.1. The van der Waals surface area contributed by atoms with Crippen LogP contribution in [0.1, 0.15) is 24.9 Å². The molecule has 3 heteroatoms. The number of ether oxygens (including phenoxy) is 2. The molecule has 0 aromatic heterocycles. The van der Waals surface area contributed by atoms with Gasteiger partial charge in [-0.2, -0.15) is 0 Å². The number of nitrogens with two attached hydrogens (primary N) is 1. The standard InChI is InChI=1S/C17H21NO2/c1-2-19-16-10-8-14(9-11-16)17(18)12-13-20-15-6-4-3-5-7-15/h3-11,17H,2,12-13,18H2,1H3. The highest BCUT2D eigenvalue weighted by atomic mass is 16.5. The molecule has 2 N–H and O–H groups in total. The first kappa shape index (κ1) is 14.4. The fourth-order valence-corrected chi connectivity index (χ4v) is 1.97. The topological polar surface area (TPSA) is 44.5 Å². The summed E-state index contributed by atoms with van der Waals surface area (Å²) in [5.74, 6) is 1.76. The van der Waals surface area contributed by atoms with Crippen molar-refractivity contribution in [3.05, 3.63) is 60.2 Å². The van der Waals surface area contributed by atoms with Crippen molar-refractivity contribution in [3.63, 3.8) is 0 Å².